The lowest BCUT2D eigenvalue weighted by Crippen LogP contribution is -2.42. The van der Waals surface area contributed by atoms with Crippen LogP contribution < -0.4 is 10.9 Å². The van der Waals surface area contributed by atoms with Crippen LogP contribution in [0.25, 0.3) is 5.65 Å². The number of rotatable bonds is 5. The SMILES string of the molecule is CCc1c(C)nc2cc([C@@H]3CCCN3C(=O)CN[C@H]3CCS(=O)(=O)C3)[nH]n2c1=O. The zero-order valence-electron chi connectivity index (χ0n) is 16.8. The third kappa shape index (κ3) is 3.83. The van der Waals surface area contributed by atoms with E-state index in [4.69, 9.17) is 0 Å². The minimum Gasteiger partial charge on any atom is -0.333 e. The van der Waals surface area contributed by atoms with Crippen LogP contribution >= 0.6 is 0 Å². The molecule has 0 spiro atoms. The Hall–Kier alpha value is -2.20. The van der Waals surface area contributed by atoms with Gasteiger partial charge in [0.15, 0.2) is 15.5 Å². The van der Waals surface area contributed by atoms with Crippen LogP contribution in [0.5, 0.6) is 0 Å². The lowest BCUT2D eigenvalue weighted by molar-refractivity contribution is -0.131. The molecule has 0 unspecified atom stereocenters. The molecule has 9 nitrogen and oxygen atoms in total. The van der Waals surface area contributed by atoms with E-state index in [1.54, 1.807) is 4.90 Å². The first-order chi connectivity index (χ1) is 13.8. The maximum atomic E-state index is 12.8. The van der Waals surface area contributed by atoms with Crippen molar-refractivity contribution in [2.24, 2.45) is 0 Å². The van der Waals surface area contributed by atoms with E-state index >= 15 is 0 Å². The zero-order chi connectivity index (χ0) is 20.8. The van der Waals surface area contributed by atoms with E-state index in [-0.39, 0.29) is 41.6 Å². The van der Waals surface area contributed by atoms with Gasteiger partial charge in [-0.15, -0.1) is 0 Å². The number of carbonyl (C=O) groups excluding carboxylic acids is 1. The Labute approximate surface area is 169 Å². The number of nitrogens with zero attached hydrogens (tertiary/aromatic N) is 3. The molecule has 2 aromatic rings. The Balaban J connectivity index is 1.51. The van der Waals surface area contributed by atoms with E-state index in [9.17, 15) is 18.0 Å². The van der Waals surface area contributed by atoms with Gasteiger partial charge < -0.3 is 10.2 Å². The lowest BCUT2D eigenvalue weighted by Gasteiger charge is -2.24. The molecule has 2 atom stereocenters. The second-order valence-corrected chi connectivity index (χ2v) is 10.2. The van der Waals surface area contributed by atoms with E-state index in [2.05, 4.69) is 15.4 Å². The first kappa shape index (κ1) is 20.1. The third-order valence-corrected chi connectivity index (χ3v) is 7.76. The molecule has 4 rings (SSSR count). The summed E-state index contributed by atoms with van der Waals surface area (Å²) in [5, 5.41) is 6.24. The molecule has 2 aliphatic heterocycles. The largest absolute Gasteiger partial charge is 0.333 e. The number of aromatic nitrogens is 3. The monoisotopic (exact) mass is 421 g/mol. The molecule has 10 heteroatoms. The molecule has 29 heavy (non-hydrogen) atoms. The van der Waals surface area contributed by atoms with Crippen LogP contribution in [0.15, 0.2) is 10.9 Å². The smallest absolute Gasteiger partial charge is 0.276 e. The van der Waals surface area contributed by atoms with Gasteiger partial charge in [-0.25, -0.2) is 17.9 Å². The summed E-state index contributed by atoms with van der Waals surface area (Å²) in [5.41, 5.74) is 2.69. The van der Waals surface area contributed by atoms with Crippen LogP contribution in [0, 0.1) is 6.92 Å². The molecule has 2 saturated heterocycles. The number of hydrogen-bond donors (Lipinski definition) is 2. The van der Waals surface area contributed by atoms with Gasteiger partial charge >= 0.3 is 0 Å². The highest BCUT2D eigenvalue weighted by molar-refractivity contribution is 7.91. The Morgan fingerprint density at radius 2 is 2.17 bits per heavy atom. The average molecular weight is 422 g/mol. The molecule has 2 N–H and O–H groups in total. The predicted molar refractivity (Wildman–Crippen MR) is 109 cm³/mol. The van der Waals surface area contributed by atoms with E-state index in [1.165, 1.54) is 4.52 Å². The molecule has 2 aliphatic rings. The summed E-state index contributed by atoms with van der Waals surface area (Å²) >= 11 is 0. The number of aromatic amines is 1. The predicted octanol–water partition coefficient (Wildman–Crippen LogP) is 0.334. The van der Waals surface area contributed by atoms with Gasteiger partial charge in [-0.05, 0) is 32.6 Å². The number of fused-ring (bicyclic) bond motifs is 1. The van der Waals surface area contributed by atoms with Gasteiger partial charge in [-0.3, -0.25) is 14.7 Å². The van der Waals surface area contributed by atoms with Gasteiger partial charge in [0, 0.05) is 29.9 Å². The van der Waals surface area contributed by atoms with Crippen molar-refractivity contribution in [1.82, 2.24) is 24.8 Å². The Kier molecular flexibility index (Phi) is 5.24. The van der Waals surface area contributed by atoms with E-state index in [1.807, 2.05) is 19.9 Å². The maximum Gasteiger partial charge on any atom is 0.276 e. The summed E-state index contributed by atoms with van der Waals surface area (Å²) < 4.78 is 24.6. The highest BCUT2D eigenvalue weighted by Gasteiger charge is 2.33. The first-order valence-electron chi connectivity index (χ1n) is 10.1. The number of hydrogen-bond acceptors (Lipinski definition) is 6. The van der Waals surface area contributed by atoms with Crippen molar-refractivity contribution in [2.75, 3.05) is 24.6 Å². The summed E-state index contributed by atoms with van der Waals surface area (Å²) in [6.45, 7) is 4.54. The average Bonchev–Trinajstić information content (AvgIpc) is 3.37. The summed E-state index contributed by atoms with van der Waals surface area (Å²) in [4.78, 5) is 31.8. The molecule has 2 fully saturated rings. The van der Waals surface area contributed by atoms with Crippen molar-refractivity contribution in [3.8, 4) is 0 Å². The minimum atomic E-state index is -2.98. The van der Waals surface area contributed by atoms with Crippen molar-refractivity contribution >= 4 is 21.4 Å². The van der Waals surface area contributed by atoms with Crippen LogP contribution in [0.4, 0.5) is 0 Å². The van der Waals surface area contributed by atoms with Gasteiger partial charge in [0.2, 0.25) is 5.91 Å². The topological polar surface area (TPSA) is 117 Å². The molecule has 0 aliphatic carbocycles. The van der Waals surface area contributed by atoms with Gasteiger partial charge in [0.05, 0.1) is 29.8 Å². The molecule has 2 aromatic heterocycles. The van der Waals surface area contributed by atoms with E-state index in [0.29, 0.717) is 30.6 Å². The Morgan fingerprint density at radius 1 is 1.38 bits per heavy atom. The molecule has 0 bridgehead atoms. The second kappa shape index (κ2) is 7.56. The van der Waals surface area contributed by atoms with Crippen LogP contribution in [0.1, 0.15) is 49.2 Å². The highest BCUT2D eigenvalue weighted by atomic mass is 32.2. The van der Waals surface area contributed by atoms with Gasteiger partial charge in [-0.2, -0.15) is 0 Å². The van der Waals surface area contributed by atoms with Crippen LogP contribution in [0.2, 0.25) is 0 Å². The Morgan fingerprint density at radius 3 is 2.86 bits per heavy atom. The zero-order valence-corrected chi connectivity index (χ0v) is 17.6. The number of carbonyl (C=O) groups is 1. The van der Waals surface area contributed by atoms with Crippen molar-refractivity contribution in [3.63, 3.8) is 0 Å². The van der Waals surface area contributed by atoms with Gasteiger partial charge in [-0.1, -0.05) is 6.92 Å². The van der Waals surface area contributed by atoms with Gasteiger partial charge in [0.1, 0.15) is 0 Å². The molecule has 158 valence electrons. The fourth-order valence-electron chi connectivity index (χ4n) is 4.44. The second-order valence-electron chi connectivity index (χ2n) is 7.97. The molecule has 1 amide bonds. The number of aryl methyl sites for hydroxylation is 1. The standard InChI is InChI=1S/C19H27N5O4S/c1-3-14-12(2)21-17-9-15(22-24(17)19(14)26)16-5-4-7-23(16)18(25)10-20-13-6-8-29(27,28)11-13/h9,13,16,20,22H,3-8,10-11H2,1-2H3/t13-,16-/m0/s1. The highest BCUT2D eigenvalue weighted by Crippen LogP contribution is 2.31. The lowest BCUT2D eigenvalue weighted by atomic mass is 10.1. The van der Waals surface area contributed by atoms with Crippen molar-refractivity contribution in [3.05, 3.63) is 33.4 Å². The molecule has 0 aromatic carbocycles. The quantitative estimate of drug-likeness (QED) is 0.719. The molecule has 4 heterocycles. The number of sulfone groups is 1. The number of H-pyrrole nitrogens is 1. The minimum absolute atomic E-state index is 0.0545. The summed E-state index contributed by atoms with van der Waals surface area (Å²) in [7, 11) is -2.98. The first-order valence-corrected chi connectivity index (χ1v) is 12.0. The van der Waals surface area contributed by atoms with E-state index in [0.717, 1.165) is 24.2 Å². The third-order valence-electron chi connectivity index (χ3n) is 5.99. The van der Waals surface area contributed by atoms with E-state index < -0.39 is 9.84 Å². The Bertz CT molecular complexity index is 1100. The number of nitrogens with one attached hydrogen (secondary N) is 2. The van der Waals surface area contributed by atoms with Crippen LogP contribution in [0.3, 0.4) is 0 Å². The van der Waals surface area contributed by atoms with Gasteiger partial charge in [0.25, 0.3) is 5.56 Å². The molecular formula is C19H27N5O4S. The number of likely N-dealkylation sites (tertiary alicyclic amines) is 1. The van der Waals surface area contributed by atoms with Crippen molar-refractivity contribution in [1.29, 1.82) is 0 Å². The molecular weight excluding hydrogens is 394 g/mol. The number of amides is 1. The molecule has 0 radical (unpaired) electrons. The van der Waals surface area contributed by atoms with Crippen molar-refractivity contribution < 1.29 is 13.2 Å². The fraction of sp³-hybridized carbons (Fsp3) is 0.632. The summed E-state index contributed by atoms with van der Waals surface area (Å²) in [6.07, 6.45) is 2.86. The maximum absolute atomic E-state index is 12.8. The van der Waals surface area contributed by atoms with Crippen LogP contribution in [-0.4, -0.2) is 64.5 Å². The normalized spacial score (nSPS) is 23.9. The van der Waals surface area contributed by atoms with Crippen LogP contribution in [-0.2, 0) is 21.1 Å². The molecule has 0 saturated carbocycles. The summed E-state index contributed by atoms with van der Waals surface area (Å²) in [5.74, 6) is 0.224. The fourth-order valence-corrected chi connectivity index (χ4v) is 6.15. The van der Waals surface area contributed by atoms with Crippen molar-refractivity contribution in [2.45, 2.75) is 51.6 Å². The summed E-state index contributed by atoms with van der Waals surface area (Å²) in [6, 6.07) is 1.56.